The Morgan fingerprint density at radius 1 is 1.32 bits per heavy atom. The van der Waals surface area contributed by atoms with Crippen molar-refractivity contribution < 1.29 is 18.0 Å². The van der Waals surface area contributed by atoms with Crippen LogP contribution in [0.5, 0.6) is 0 Å². The van der Waals surface area contributed by atoms with E-state index < -0.39 is 21.9 Å². The second-order valence-electron chi connectivity index (χ2n) is 5.98. The first-order valence-corrected chi connectivity index (χ1v) is 9.79. The van der Waals surface area contributed by atoms with Crippen LogP contribution in [0.3, 0.4) is 0 Å². The first-order valence-electron chi connectivity index (χ1n) is 7.73. The molecule has 128 valence electrons. The van der Waals surface area contributed by atoms with Crippen LogP contribution in [0, 0.1) is 0 Å². The zero-order valence-electron chi connectivity index (χ0n) is 13.6. The number of carbonyl (C=O) groups excluding carboxylic acids is 2. The van der Waals surface area contributed by atoms with Crippen LogP contribution in [-0.4, -0.2) is 62.4 Å². The third-order valence-electron chi connectivity index (χ3n) is 3.78. The van der Waals surface area contributed by atoms with E-state index in [1.54, 1.807) is 6.92 Å². The second-order valence-corrected chi connectivity index (χ2v) is 8.24. The van der Waals surface area contributed by atoms with Gasteiger partial charge in [0, 0.05) is 25.4 Å². The van der Waals surface area contributed by atoms with Gasteiger partial charge in [-0.3, -0.25) is 4.79 Å². The maximum Gasteiger partial charge on any atom is 0.315 e. The van der Waals surface area contributed by atoms with Crippen molar-refractivity contribution in [3.05, 3.63) is 0 Å². The SMILES string of the molecule is CC(NC(=O)NCCCS(C)(=O)=O)C(=O)N1CCCCC1C. The van der Waals surface area contributed by atoms with E-state index in [4.69, 9.17) is 0 Å². The van der Waals surface area contributed by atoms with Crippen molar-refractivity contribution in [2.75, 3.05) is 25.1 Å². The molecule has 1 rings (SSSR count). The van der Waals surface area contributed by atoms with Gasteiger partial charge in [-0.25, -0.2) is 13.2 Å². The molecule has 7 nitrogen and oxygen atoms in total. The molecule has 2 atom stereocenters. The molecule has 1 heterocycles. The quantitative estimate of drug-likeness (QED) is 0.692. The normalized spacial score (nSPS) is 20.3. The zero-order chi connectivity index (χ0) is 16.8. The molecule has 0 spiro atoms. The summed E-state index contributed by atoms with van der Waals surface area (Å²) in [6.45, 7) is 4.69. The molecule has 0 aromatic rings. The molecule has 0 aromatic carbocycles. The molecule has 1 aliphatic rings. The highest BCUT2D eigenvalue weighted by Crippen LogP contribution is 2.17. The van der Waals surface area contributed by atoms with Crippen LogP contribution >= 0.6 is 0 Å². The molecule has 0 aromatic heterocycles. The van der Waals surface area contributed by atoms with Gasteiger partial charge in [0.15, 0.2) is 0 Å². The van der Waals surface area contributed by atoms with Crippen molar-refractivity contribution in [1.82, 2.24) is 15.5 Å². The van der Waals surface area contributed by atoms with E-state index in [-0.39, 0.29) is 24.2 Å². The fraction of sp³-hybridized carbons (Fsp3) is 0.857. The molecule has 0 saturated carbocycles. The molecule has 3 amide bonds. The van der Waals surface area contributed by atoms with E-state index in [0.29, 0.717) is 6.42 Å². The highest BCUT2D eigenvalue weighted by Gasteiger charge is 2.27. The van der Waals surface area contributed by atoms with Gasteiger partial charge in [0.2, 0.25) is 5.91 Å². The molecule has 2 N–H and O–H groups in total. The fourth-order valence-electron chi connectivity index (χ4n) is 2.52. The van der Waals surface area contributed by atoms with Crippen molar-refractivity contribution in [2.45, 2.75) is 51.6 Å². The minimum atomic E-state index is -3.01. The standard InChI is InChI=1S/C14H27N3O4S/c1-11-7-4-5-9-17(11)13(18)12(2)16-14(19)15-8-6-10-22(3,20)21/h11-12H,4-10H2,1-3H3,(H2,15,16,19). The summed E-state index contributed by atoms with van der Waals surface area (Å²) in [7, 11) is -3.01. The van der Waals surface area contributed by atoms with Crippen molar-refractivity contribution in [2.24, 2.45) is 0 Å². The van der Waals surface area contributed by atoms with Gasteiger partial charge in [-0.2, -0.15) is 0 Å². The van der Waals surface area contributed by atoms with Gasteiger partial charge in [0.25, 0.3) is 0 Å². The molecule has 1 fully saturated rings. The lowest BCUT2D eigenvalue weighted by molar-refractivity contribution is -0.136. The summed E-state index contributed by atoms with van der Waals surface area (Å²) in [5, 5.41) is 5.17. The number of nitrogens with one attached hydrogen (secondary N) is 2. The van der Waals surface area contributed by atoms with Gasteiger partial charge in [-0.05, 0) is 39.5 Å². The molecule has 0 bridgehead atoms. The third kappa shape index (κ3) is 6.64. The highest BCUT2D eigenvalue weighted by atomic mass is 32.2. The van der Waals surface area contributed by atoms with E-state index in [1.165, 1.54) is 0 Å². The predicted molar refractivity (Wildman–Crippen MR) is 85.4 cm³/mol. The lowest BCUT2D eigenvalue weighted by Crippen LogP contribution is -2.53. The summed E-state index contributed by atoms with van der Waals surface area (Å²) in [4.78, 5) is 25.8. The Hall–Kier alpha value is -1.31. The molecule has 2 unspecified atom stereocenters. The van der Waals surface area contributed by atoms with Crippen LogP contribution in [0.2, 0.25) is 0 Å². The van der Waals surface area contributed by atoms with E-state index in [1.807, 2.05) is 11.8 Å². The number of hydrogen-bond acceptors (Lipinski definition) is 4. The number of urea groups is 1. The number of likely N-dealkylation sites (tertiary alicyclic amines) is 1. The number of carbonyl (C=O) groups is 2. The Kier molecular flexibility index (Phi) is 7.12. The summed E-state index contributed by atoms with van der Waals surface area (Å²) in [5.74, 6) is -0.0361. The van der Waals surface area contributed by atoms with Crippen LogP contribution < -0.4 is 10.6 Å². The summed E-state index contributed by atoms with van der Waals surface area (Å²) in [6, 6.07) is -0.821. The Balaban J connectivity index is 2.32. The lowest BCUT2D eigenvalue weighted by atomic mass is 10.0. The van der Waals surface area contributed by atoms with Crippen LogP contribution in [-0.2, 0) is 14.6 Å². The van der Waals surface area contributed by atoms with E-state index >= 15 is 0 Å². The monoisotopic (exact) mass is 333 g/mol. The van der Waals surface area contributed by atoms with Gasteiger partial charge < -0.3 is 15.5 Å². The number of amides is 3. The van der Waals surface area contributed by atoms with Crippen LogP contribution in [0.15, 0.2) is 0 Å². The zero-order valence-corrected chi connectivity index (χ0v) is 14.4. The topological polar surface area (TPSA) is 95.6 Å². The fourth-order valence-corrected chi connectivity index (χ4v) is 3.19. The average Bonchev–Trinajstić information content (AvgIpc) is 2.42. The lowest BCUT2D eigenvalue weighted by Gasteiger charge is -2.35. The van der Waals surface area contributed by atoms with E-state index in [0.717, 1.165) is 32.1 Å². The van der Waals surface area contributed by atoms with Crippen molar-refractivity contribution in [3.63, 3.8) is 0 Å². The molecule has 0 radical (unpaired) electrons. The average molecular weight is 333 g/mol. The molecule has 8 heteroatoms. The number of rotatable bonds is 6. The Morgan fingerprint density at radius 3 is 2.59 bits per heavy atom. The third-order valence-corrected chi connectivity index (χ3v) is 4.81. The van der Waals surface area contributed by atoms with Crippen molar-refractivity contribution in [1.29, 1.82) is 0 Å². The van der Waals surface area contributed by atoms with Gasteiger partial charge in [-0.1, -0.05) is 0 Å². The minimum Gasteiger partial charge on any atom is -0.338 e. The summed E-state index contributed by atoms with van der Waals surface area (Å²) in [6.07, 6.45) is 4.65. The molecular weight excluding hydrogens is 306 g/mol. The maximum absolute atomic E-state index is 12.3. The first-order chi connectivity index (χ1) is 10.2. The maximum atomic E-state index is 12.3. The van der Waals surface area contributed by atoms with Crippen molar-refractivity contribution in [3.8, 4) is 0 Å². The highest BCUT2D eigenvalue weighted by molar-refractivity contribution is 7.90. The second kappa shape index (κ2) is 8.36. The Morgan fingerprint density at radius 2 is 2.00 bits per heavy atom. The number of nitrogens with zero attached hydrogens (tertiary/aromatic N) is 1. The van der Waals surface area contributed by atoms with Crippen LogP contribution in [0.25, 0.3) is 0 Å². The number of hydrogen-bond donors (Lipinski definition) is 2. The summed E-state index contributed by atoms with van der Waals surface area (Å²) < 4.78 is 21.9. The molecule has 1 saturated heterocycles. The summed E-state index contributed by atoms with van der Waals surface area (Å²) >= 11 is 0. The Labute approximate surface area is 132 Å². The van der Waals surface area contributed by atoms with Crippen LogP contribution in [0.1, 0.15) is 39.5 Å². The molecule has 22 heavy (non-hydrogen) atoms. The van der Waals surface area contributed by atoms with E-state index in [2.05, 4.69) is 10.6 Å². The van der Waals surface area contributed by atoms with Gasteiger partial charge in [-0.15, -0.1) is 0 Å². The van der Waals surface area contributed by atoms with Gasteiger partial charge in [0.1, 0.15) is 15.9 Å². The van der Waals surface area contributed by atoms with Gasteiger partial charge in [0.05, 0.1) is 5.75 Å². The van der Waals surface area contributed by atoms with Crippen molar-refractivity contribution >= 4 is 21.8 Å². The van der Waals surface area contributed by atoms with E-state index in [9.17, 15) is 18.0 Å². The molecule has 1 aliphatic heterocycles. The summed E-state index contributed by atoms with van der Waals surface area (Å²) in [5.41, 5.74) is 0. The largest absolute Gasteiger partial charge is 0.338 e. The number of piperidine rings is 1. The minimum absolute atomic E-state index is 0.0348. The smallest absolute Gasteiger partial charge is 0.315 e. The Bertz CT molecular complexity index is 492. The number of sulfone groups is 1. The molecular formula is C14H27N3O4S. The first kappa shape index (κ1) is 18.7. The predicted octanol–water partition coefficient (Wildman–Crippen LogP) is 0.510. The van der Waals surface area contributed by atoms with Gasteiger partial charge >= 0.3 is 6.03 Å². The molecule has 0 aliphatic carbocycles. The van der Waals surface area contributed by atoms with Crippen LogP contribution in [0.4, 0.5) is 4.79 Å².